The number of carbonyl (C=O) groups excluding carboxylic acids is 3. The molecule has 0 bridgehead atoms. The first-order valence-corrected chi connectivity index (χ1v) is 9.24. The summed E-state index contributed by atoms with van der Waals surface area (Å²) in [4.78, 5) is 37.7. The Morgan fingerprint density at radius 2 is 2.00 bits per heavy atom. The van der Waals surface area contributed by atoms with E-state index in [-0.39, 0.29) is 0 Å². The van der Waals surface area contributed by atoms with Crippen LogP contribution >= 0.6 is 0 Å². The molecule has 2 aromatic carbocycles. The normalized spacial score (nSPS) is 20.5. The largest absolute Gasteiger partial charge is 0.493 e. The maximum Gasteiger partial charge on any atom is 0.344 e. The van der Waals surface area contributed by atoms with Crippen LogP contribution in [0.15, 0.2) is 48.5 Å². The Bertz CT molecular complexity index is 944. The van der Waals surface area contributed by atoms with Gasteiger partial charge in [0, 0.05) is 12.0 Å². The summed E-state index contributed by atoms with van der Waals surface area (Å²) in [5.74, 6) is -0.211. The first-order valence-electron chi connectivity index (χ1n) is 9.24. The second-order valence-electron chi connectivity index (χ2n) is 7.25. The molecular formula is C21H21N3O4. The van der Waals surface area contributed by atoms with Crippen molar-refractivity contribution >= 4 is 17.8 Å². The summed E-state index contributed by atoms with van der Waals surface area (Å²) >= 11 is 0. The van der Waals surface area contributed by atoms with Crippen molar-refractivity contribution in [3.05, 3.63) is 65.2 Å². The monoisotopic (exact) mass is 379 g/mol. The summed E-state index contributed by atoms with van der Waals surface area (Å²) in [6.45, 7) is 2.27. The van der Waals surface area contributed by atoms with E-state index in [4.69, 9.17) is 4.74 Å². The molecule has 2 aromatic rings. The number of ether oxygens (including phenoxy) is 1. The first-order chi connectivity index (χ1) is 13.5. The number of nitrogens with one attached hydrogen (secondary N) is 2. The van der Waals surface area contributed by atoms with Gasteiger partial charge in [-0.2, -0.15) is 5.01 Å². The lowest BCUT2D eigenvalue weighted by atomic mass is 9.93. The maximum atomic E-state index is 12.8. The fourth-order valence-electron chi connectivity index (χ4n) is 3.49. The van der Waals surface area contributed by atoms with Crippen molar-refractivity contribution in [2.24, 2.45) is 0 Å². The molecule has 0 aliphatic carbocycles. The van der Waals surface area contributed by atoms with E-state index in [2.05, 4.69) is 10.7 Å². The number of hydrogen-bond acceptors (Lipinski definition) is 4. The molecule has 2 N–H and O–H groups in total. The smallest absolute Gasteiger partial charge is 0.344 e. The highest BCUT2D eigenvalue weighted by molar-refractivity contribution is 6.09. The Hall–Kier alpha value is -3.35. The molecule has 2 aliphatic heterocycles. The highest BCUT2D eigenvalue weighted by Gasteiger charge is 2.48. The van der Waals surface area contributed by atoms with E-state index >= 15 is 0 Å². The Morgan fingerprint density at radius 1 is 1.21 bits per heavy atom. The Kier molecular flexibility index (Phi) is 4.50. The van der Waals surface area contributed by atoms with E-state index in [0.29, 0.717) is 25.0 Å². The first kappa shape index (κ1) is 18.0. The maximum absolute atomic E-state index is 12.8. The summed E-state index contributed by atoms with van der Waals surface area (Å²) < 4.78 is 5.43. The van der Waals surface area contributed by atoms with Gasteiger partial charge in [0.2, 0.25) is 0 Å². The van der Waals surface area contributed by atoms with Crippen LogP contribution in [0, 0.1) is 0 Å². The van der Waals surface area contributed by atoms with Crippen LogP contribution in [0.4, 0.5) is 4.79 Å². The predicted molar refractivity (Wildman–Crippen MR) is 102 cm³/mol. The van der Waals surface area contributed by atoms with Gasteiger partial charge < -0.3 is 10.1 Å². The van der Waals surface area contributed by atoms with E-state index < -0.39 is 23.4 Å². The molecule has 1 atom stereocenters. The summed E-state index contributed by atoms with van der Waals surface area (Å²) in [5, 5.41) is 3.48. The van der Waals surface area contributed by atoms with Crippen molar-refractivity contribution in [3.63, 3.8) is 0 Å². The molecule has 1 saturated heterocycles. The van der Waals surface area contributed by atoms with E-state index in [1.165, 1.54) is 0 Å². The number of aryl methyl sites for hydroxylation is 1. The summed E-state index contributed by atoms with van der Waals surface area (Å²) in [6, 6.07) is 14.2. The molecule has 0 radical (unpaired) electrons. The SMILES string of the molecule is C[C@]1(CCc2ccccc2)NC(=O)N(NC(=O)c2ccc3c(c2)CCO3)C1=O. The van der Waals surface area contributed by atoms with Crippen molar-refractivity contribution in [1.29, 1.82) is 0 Å². The lowest BCUT2D eigenvalue weighted by Crippen LogP contribution is -2.49. The third-order valence-corrected chi connectivity index (χ3v) is 5.18. The minimum atomic E-state index is -1.06. The van der Waals surface area contributed by atoms with Crippen LogP contribution in [-0.2, 0) is 17.6 Å². The van der Waals surface area contributed by atoms with E-state index in [1.54, 1.807) is 25.1 Å². The Morgan fingerprint density at radius 3 is 2.79 bits per heavy atom. The number of hydrogen-bond donors (Lipinski definition) is 2. The van der Waals surface area contributed by atoms with Gasteiger partial charge >= 0.3 is 6.03 Å². The Labute approximate surface area is 162 Å². The molecule has 0 saturated carbocycles. The fraction of sp³-hybridized carbons (Fsp3) is 0.286. The molecule has 0 unspecified atom stereocenters. The quantitative estimate of drug-likeness (QED) is 0.780. The molecular weight excluding hydrogens is 358 g/mol. The average Bonchev–Trinajstić information content (AvgIpc) is 3.25. The van der Waals surface area contributed by atoms with Crippen molar-refractivity contribution in [3.8, 4) is 5.75 Å². The number of nitrogens with zero attached hydrogens (tertiary/aromatic N) is 1. The zero-order valence-electron chi connectivity index (χ0n) is 15.5. The number of benzene rings is 2. The second kappa shape index (κ2) is 6.99. The van der Waals surface area contributed by atoms with Crippen molar-refractivity contribution < 1.29 is 19.1 Å². The van der Waals surface area contributed by atoms with Crippen molar-refractivity contribution in [2.45, 2.75) is 31.7 Å². The third kappa shape index (κ3) is 3.31. The van der Waals surface area contributed by atoms with Crippen LogP contribution in [0.2, 0.25) is 0 Å². The van der Waals surface area contributed by atoms with Crippen LogP contribution in [0.1, 0.15) is 34.8 Å². The van der Waals surface area contributed by atoms with Crippen LogP contribution in [0.5, 0.6) is 5.75 Å². The fourth-order valence-corrected chi connectivity index (χ4v) is 3.49. The van der Waals surface area contributed by atoms with Crippen molar-refractivity contribution in [2.75, 3.05) is 6.61 Å². The molecule has 7 nitrogen and oxygen atoms in total. The second-order valence-corrected chi connectivity index (χ2v) is 7.25. The highest BCUT2D eigenvalue weighted by atomic mass is 16.5. The minimum absolute atomic E-state index is 0.378. The van der Waals surface area contributed by atoms with E-state index in [9.17, 15) is 14.4 Å². The molecule has 2 aliphatic rings. The summed E-state index contributed by atoms with van der Waals surface area (Å²) in [7, 11) is 0. The van der Waals surface area contributed by atoms with Gasteiger partial charge in [0.25, 0.3) is 11.8 Å². The van der Waals surface area contributed by atoms with Crippen molar-refractivity contribution in [1.82, 2.24) is 15.8 Å². The van der Waals surface area contributed by atoms with Gasteiger partial charge in [-0.25, -0.2) is 4.79 Å². The van der Waals surface area contributed by atoms with Gasteiger partial charge in [-0.05, 0) is 49.1 Å². The number of hydrazine groups is 1. The van der Waals surface area contributed by atoms with Crippen LogP contribution in [0.3, 0.4) is 0 Å². The number of carbonyl (C=O) groups is 3. The van der Waals surface area contributed by atoms with Gasteiger partial charge in [0.15, 0.2) is 0 Å². The number of fused-ring (bicyclic) bond motifs is 1. The number of rotatable bonds is 5. The van der Waals surface area contributed by atoms with Crippen LogP contribution in [0.25, 0.3) is 0 Å². The topological polar surface area (TPSA) is 87.7 Å². The zero-order chi connectivity index (χ0) is 19.7. The van der Waals surface area contributed by atoms with Gasteiger partial charge in [0.1, 0.15) is 11.3 Å². The molecule has 1 fully saturated rings. The Balaban J connectivity index is 1.44. The van der Waals surface area contributed by atoms with Crippen LogP contribution in [-0.4, -0.2) is 35.0 Å². The third-order valence-electron chi connectivity index (χ3n) is 5.18. The predicted octanol–water partition coefficient (Wildman–Crippen LogP) is 2.21. The van der Waals surface area contributed by atoms with Gasteiger partial charge in [-0.3, -0.25) is 15.0 Å². The molecule has 4 amide bonds. The number of amides is 4. The molecule has 0 spiro atoms. The molecule has 7 heteroatoms. The van der Waals surface area contributed by atoms with Gasteiger partial charge in [-0.1, -0.05) is 30.3 Å². The molecule has 0 aromatic heterocycles. The minimum Gasteiger partial charge on any atom is -0.493 e. The van der Waals surface area contributed by atoms with E-state index in [1.807, 2.05) is 30.3 Å². The van der Waals surface area contributed by atoms with E-state index in [0.717, 1.165) is 28.3 Å². The molecule has 28 heavy (non-hydrogen) atoms. The lowest BCUT2D eigenvalue weighted by Gasteiger charge is -2.21. The lowest BCUT2D eigenvalue weighted by molar-refractivity contribution is -0.132. The summed E-state index contributed by atoms with van der Waals surface area (Å²) in [5.41, 5.74) is 3.76. The average molecular weight is 379 g/mol. The molecule has 4 rings (SSSR count). The van der Waals surface area contributed by atoms with Crippen LogP contribution < -0.4 is 15.5 Å². The molecule has 2 heterocycles. The van der Waals surface area contributed by atoms with Gasteiger partial charge in [0.05, 0.1) is 6.61 Å². The highest BCUT2D eigenvalue weighted by Crippen LogP contribution is 2.26. The number of imide groups is 1. The van der Waals surface area contributed by atoms with Gasteiger partial charge in [-0.15, -0.1) is 0 Å². The standard InChI is InChI=1S/C21H21N3O4/c1-21(11-9-14-5-3-2-4-6-14)19(26)24(20(27)22-21)23-18(25)16-7-8-17-15(13-16)10-12-28-17/h2-8,13H,9-12H2,1H3,(H,22,27)(H,23,25)/t21-/m1/s1. The zero-order valence-corrected chi connectivity index (χ0v) is 15.5. The molecule has 144 valence electrons. The number of urea groups is 1. The summed E-state index contributed by atoms with van der Waals surface area (Å²) in [6.07, 6.45) is 1.80.